The van der Waals surface area contributed by atoms with Crippen molar-refractivity contribution in [2.45, 2.75) is 0 Å². The Morgan fingerprint density at radius 3 is 1.94 bits per heavy atom. The number of hydrogen-bond acceptors (Lipinski definition) is 8. The molecule has 0 radical (unpaired) electrons. The van der Waals surface area contributed by atoms with Gasteiger partial charge in [0.1, 0.15) is 5.75 Å². The van der Waals surface area contributed by atoms with E-state index in [1.54, 1.807) is 7.11 Å². The summed E-state index contributed by atoms with van der Waals surface area (Å²) >= 11 is 0. The number of halogens is 1. The van der Waals surface area contributed by atoms with Crippen molar-refractivity contribution < 1.29 is 38.3 Å². The summed E-state index contributed by atoms with van der Waals surface area (Å²) in [6, 6.07) is 28.0. The van der Waals surface area contributed by atoms with Crippen LogP contribution in [0.4, 0.5) is 11.4 Å². The summed E-state index contributed by atoms with van der Waals surface area (Å²) in [7, 11) is -3.29. The molecule has 0 spiro atoms. The van der Waals surface area contributed by atoms with Gasteiger partial charge in [0.2, 0.25) is 11.5 Å². The number of benzene rings is 3. The van der Waals surface area contributed by atoms with Crippen molar-refractivity contribution in [3.05, 3.63) is 90.5 Å². The highest BCUT2D eigenvalue weighted by molar-refractivity contribution is 5.99. The van der Waals surface area contributed by atoms with E-state index in [4.69, 9.17) is 33.6 Å². The zero-order chi connectivity index (χ0) is 22.3. The third-order valence-electron chi connectivity index (χ3n) is 4.16. The summed E-state index contributed by atoms with van der Waals surface area (Å²) in [5, 5.41) is 11.5. The van der Waals surface area contributed by atoms with Crippen molar-refractivity contribution >= 4 is 17.2 Å². The standard InChI is InChI=1S/C21H19N4O.ClHO4/c1-26-20-14-12-17(13-15-20)21-22-24(18-8-4-2-5-9-18)16-25(23-21)19-10-6-3-7-11-19;2-1(3,4)5/h2-15H,16H2,1H3;(H,2,3,4,5)/q+1;/p-1. The van der Waals surface area contributed by atoms with Crippen molar-refractivity contribution in [1.29, 1.82) is 0 Å². The van der Waals surface area contributed by atoms with Gasteiger partial charge < -0.3 is 4.74 Å². The minimum atomic E-state index is -4.94. The highest BCUT2D eigenvalue weighted by atomic mass is 35.7. The van der Waals surface area contributed by atoms with Crippen molar-refractivity contribution in [2.24, 2.45) is 10.2 Å². The van der Waals surface area contributed by atoms with Crippen molar-refractivity contribution in [3.8, 4) is 5.75 Å². The van der Waals surface area contributed by atoms with Crippen LogP contribution in [0.15, 0.2) is 95.1 Å². The maximum Gasteiger partial charge on any atom is 0.269 e. The van der Waals surface area contributed by atoms with E-state index >= 15 is 0 Å². The first-order valence-corrected chi connectivity index (χ1v) is 10.3. The highest BCUT2D eigenvalue weighted by Crippen LogP contribution is 2.23. The molecule has 9 nitrogen and oxygen atoms in total. The number of anilines is 1. The van der Waals surface area contributed by atoms with Crippen LogP contribution in [0.3, 0.4) is 0 Å². The molecule has 0 saturated heterocycles. The van der Waals surface area contributed by atoms with Gasteiger partial charge in [-0.25, -0.2) is 23.6 Å². The monoisotopic (exact) mass is 442 g/mol. The van der Waals surface area contributed by atoms with Crippen LogP contribution in [0, 0.1) is 10.2 Å². The molecular formula is C21H19ClN4O5. The zero-order valence-electron chi connectivity index (χ0n) is 16.5. The lowest BCUT2D eigenvalue weighted by Crippen LogP contribution is -2.68. The van der Waals surface area contributed by atoms with Crippen molar-refractivity contribution in [3.63, 3.8) is 0 Å². The first kappa shape index (κ1) is 22.3. The molecule has 1 heterocycles. The molecule has 3 aromatic carbocycles. The Bertz CT molecular complexity index is 1030. The van der Waals surface area contributed by atoms with E-state index in [2.05, 4.69) is 0 Å². The maximum absolute atomic E-state index is 8.49. The molecule has 0 aliphatic carbocycles. The number of rotatable bonds is 4. The fourth-order valence-corrected chi connectivity index (χ4v) is 2.77. The third kappa shape index (κ3) is 6.85. The Hall–Kier alpha value is -3.34. The topological polar surface area (TPSA) is 132 Å². The number of nitrogens with zero attached hydrogens (tertiary/aromatic N) is 4. The van der Waals surface area contributed by atoms with Crippen LogP contribution < -0.4 is 28.4 Å². The predicted molar refractivity (Wildman–Crippen MR) is 102 cm³/mol. The summed E-state index contributed by atoms with van der Waals surface area (Å²) in [5.41, 5.74) is 2.98. The van der Waals surface area contributed by atoms with Crippen LogP contribution in [0.1, 0.15) is 5.56 Å². The van der Waals surface area contributed by atoms with Crippen LogP contribution >= 0.6 is 0 Å². The number of ether oxygens (including phenoxy) is 1. The quantitative estimate of drug-likeness (QED) is 0.517. The third-order valence-corrected chi connectivity index (χ3v) is 4.16. The van der Waals surface area contributed by atoms with E-state index < -0.39 is 10.2 Å². The molecule has 0 bridgehead atoms. The van der Waals surface area contributed by atoms with Gasteiger partial charge in [0, 0.05) is 22.8 Å². The van der Waals surface area contributed by atoms with Crippen molar-refractivity contribution in [2.75, 3.05) is 18.8 Å². The Labute approximate surface area is 181 Å². The molecule has 0 N–H and O–H groups in total. The normalized spacial score (nSPS) is 13.5. The largest absolute Gasteiger partial charge is 0.497 e. The molecule has 0 saturated carbocycles. The van der Waals surface area contributed by atoms with Crippen LogP contribution in [0.2, 0.25) is 0 Å². The van der Waals surface area contributed by atoms with E-state index in [1.807, 2.05) is 94.6 Å². The minimum absolute atomic E-state index is 0.549. The predicted octanol–water partition coefficient (Wildman–Crippen LogP) is -0.125. The number of hydrogen-bond donors (Lipinski definition) is 0. The molecule has 0 unspecified atom stereocenters. The summed E-state index contributed by atoms with van der Waals surface area (Å²) < 4.78 is 41.2. The molecule has 0 amide bonds. The fraction of sp³-hybridized carbons (Fsp3) is 0.0952. The molecule has 1 aliphatic heterocycles. The summed E-state index contributed by atoms with van der Waals surface area (Å²) in [5.74, 6) is 1.47. The lowest BCUT2D eigenvalue weighted by atomic mass is 10.2. The van der Waals surface area contributed by atoms with Gasteiger partial charge in [-0.3, -0.25) is 0 Å². The van der Waals surface area contributed by atoms with E-state index in [9.17, 15) is 0 Å². The lowest BCUT2D eigenvalue weighted by Gasteiger charge is -2.20. The first-order chi connectivity index (χ1) is 14.8. The van der Waals surface area contributed by atoms with Gasteiger partial charge in [0.15, 0.2) is 0 Å². The molecule has 0 atom stereocenters. The van der Waals surface area contributed by atoms with E-state index in [1.165, 1.54) is 0 Å². The van der Waals surface area contributed by atoms with Crippen LogP contribution in [-0.4, -0.2) is 24.3 Å². The second-order valence-corrected chi connectivity index (χ2v) is 7.00. The van der Waals surface area contributed by atoms with Crippen LogP contribution in [0.5, 0.6) is 5.75 Å². The van der Waals surface area contributed by atoms with Gasteiger partial charge in [0.05, 0.1) is 12.8 Å². The van der Waals surface area contributed by atoms with Gasteiger partial charge in [-0.1, -0.05) is 41.1 Å². The molecule has 160 valence electrons. The van der Waals surface area contributed by atoms with Crippen LogP contribution in [0.25, 0.3) is 0 Å². The smallest absolute Gasteiger partial charge is 0.269 e. The van der Waals surface area contributed by atoms with E-state index in [-0.39, 0.29) is 0 Å². The molecule has 0 fully saturated rings. The molecule has 3 aromatic rings. The molecular weight excluding hydrogens is 424 g/mol. The first-order valence-electron chi connectivity index (χ1n) is 9.05. The van der Waals surface area contributed by atoms with Crippen molar-refractivity contribution in [1.82, 2.24) is 0 Å². The maximum atomic E-state index is 8.49. The summed E-state index contributed by atoms with van der Waals surface area (Å²) in [6.45, 7) is 0.549. The number of azo groups is 2. The minimum Gasteiger partial charge on any atom is -0.497 e. The SMILES string of the molecule is COc1ccc(C2=NN(c3ccccc3)C[N+](c3ccccc3)=N2)cc1.[O-][Cl+3]([O-])([O-])[O-]. The number of methoxy groups -OCH3 is 1. The Morgan fingerprint density at radius 1 is 0.839 bits per heavy atom. The summed E-state index contributed by atoms with van der Waals surface area (Å²) in [4.78, 5) is 0. The fourth-order valence-electron chi connectivity index (χ4n) is 2.77. The average molecular weight is 443 g/mol. The van der Waals surface area contributed by atoms with Gasteiger partial charge in [0.25, 0.3) is 6.67 Å². The van der Waals surface area contributed by atoms with Gasteiger partial charge >= 0.3 is 0 Å². The molecule has 1 aliphatic rings. The summed E-state index contributed by atoms with van der Waals surface area (Å²) in [6.07, 6.45) is 0. The van der Waals surface area contributed by atoms with Gasteiger partial charge in [-0.2, -0.15) is 0 Å². The number of amidine groups is 1. The number of para-hydroxylation sites is 2. The second-order valence-electron chi connectivity index (χ2n) is 6.24. The number of hydrazone groups is 1. The van der Waals surface area contributed by atoms with E-state index in [0.717, 1.165) is 22.7 Å². The van der Waals surface area contributed by atoms with Gasteiger partial charge in [-0.05, 0) is 36.4 Å². The second kappa shape index (κ2) is 10.1. The van der Waals surface area contributed by atoms with E-state index in [0.29, 0.717) is 12.5 Å². The molecule has 0 aromatic heterocycles. The highest BCUT2D eigenvalue weighted by Gasteiger charge is 2.25. The average Bonchev–Trinajstić information content (AvgIpc) is 2.79. The lowest BCUT2D eigenvalue weighted by molar-refractivity contribution is -2.00. The Balaban J connectivity index is 0.000000491. The van der Waals surface area contributed by atoms with Crippen LogP contribution in [-0.2, 0) is 0 Å². The zero-order valence-corrected chi connectivity index (χ0v) is 17.3. The molecule has 31 heavy (non-hydrogen) atoms. The Kier molecular flexibility index (Phi) is 7.29. The molecule has 4 rings (SSSR count). The Morgan fingerprint density at radius 2 is 1.39 bits per heavy atom. The van der Waals surface area contributed by atoms with Gasteiger partial charge in [-0.15, -0.1) is 15.3 Å². The molecule has 10 heteroatoms.